The molecule has 4 bridgehead atoms. The van der Waals surface area contributed by atoms with Crippen LogP contribution >= 0.6 is 43.2 Å². The van der Waals surface area contributed by atoms with Gasteiger partial charge in [-0.15, -0.1) is 0 Å². The van der Waals surface area contributed by atoms with Gasteiger partial charge >= 0.3 is 5.97 Å². The van der Waals surface area contributed by atoms with Crippen LogP contribution in [0.2, 0.25) is 0 Å². The number of likely N-dealkylation sites (N-methyl/N-ethyl adjacent to an activating group) is 2. The summed E-state index contributed by atoms with van der Waals surface area (Å²) >= 11 is 0. The number of anilines is 1. The van der Waals surface area contributed by atoms with Gasteiger partial charge in [0.25, 0.3) is 23.6 Å². The number of para-hydroxylation sites is 1. The van der Waals surface area contributed by atoms with Gasteiger partial charge < -0.3 is 29.9 Å². The third kappa shape index (κ3) is 2.95. The van der Waals surface area contributed by atoms with Crippen LogP contribution in [0.5, 0.6) is 0 Å². The van der Waals surface area contributed by atoms with Gasteiger partial charge in [0.2, 0.25) is 9.74 Å². The van der Waals surface area contributed by atoms with Crippen molar-refractivity contribution in [1.82, 2.24) is 19.6 Å². The second-order valence-corrected chi connectivity index (χ2v) is 20.1. The van der Waals surface area contributed by atoms with Crippen LogP contribution < -0.4 is 5.32 Å². The molecule has 2 aromatic rings. The van der Waals surface area contributed by atoms with Gasteiger partial charge in [0.1, 0.15) is 18.1 Å². The summed E-state index contributed by atoms with van der Waals surface area (Å²) in [5.41, 5.74) is -1.49. The van der Waals surface area contributed by atoms with Crippen molar-refractivity contribution in [3.63, 3.8) is 0 Å². The van der Waals surface area contributed by atoms with Crippen molar-refractivity contribution in [3.8, 4) is 0 Å². The van der Waals surface area contributed by atoms with Crippen LogP contribution in [0.25, 0.3) is 0 Å². The number of nitrogens with one attached hydrogen (secondary N) is 1. The summed E-state index contributed by atoms with van der Waals surface area (Å²) in [6.45, 7) is 4.74. The number of carbonyl (C=O) groups excluding carboxylic acids is 5. The Kier molecular flexibility index (Phi) is 6.06. The molecule has 9 aliphatic heterocycles. The molecule has 12 rings (SSSR count). The van der Waals surface area contributed by atoms with Crippen LogP contribution in [-0.2, 0) is 46.0 Å². The highest BCUT2D eigenvalue weighted by atomic mass is 33.1. The van der Waals surface area contributed by atoms with E-state index in [0.717, 1.165) is 21.6 Å². The maximum Gasteiger partial charge on any atom is 0.303 e. The van der Waals surface area contributed by atoms with Gasteiger partial charge in [-0.3, -0.25) is 28.9 Å². The van der Waals surface area contributed by atoms with Crippen molar-refractivity contribution in [2.24, 2.45) is 0 Å². The lowest BCUT2D eigenvalue weighted by Gasteiger charge is -2.59. The van der Waals surface area contributed by atoms with Gasteiger partial charge in [-0.2, -0.15) is 0 Å². The molecule has 17 heteroatoms. The maximum atomic E-state index is 15.8. The summed E-state index contributed by atoms with van der Waals surface area (Å²) in [7, 11) is 7.81. The lowest BCUT2D eigenvalue weighted by Crippen LogP contribution is -2.77. The number of benzene rings is 2. The SMILES string of the molecule is CC[C@@]12SS[C@]3(C(=O)N1C)[C@@H](O)[C@]1([C@@]45c6ccccc6N[C@@H]4N4C(=O)[C@]6(C)SS[C@]4(C(=O)N6C)[C@H]5OC(C)=O)c4cc(F)ccc4C[C@@H]1N3C2=O. The second kappa shape index (κ2) is 9.51. The molecule has 1 aliphatic carbocycles. The highest BCUT2D eigenvalue weighted by molar-refractivity contribution is 8.78. The number of esters is 1. The number of halogens is 1. The molecule has 0 radical (unpaired) electrons. The van der Waals surface area contributed by atoms with Gasteiger partial charge in [-0.1, -0.05) is 52.8 Å². The fourth-order valence-corrected chi connectivity index (χ4v) is 18.5. The number of hydrogen-bond donors (Lipinski definition) is 2. The Hall–Kier alpha value is -3.12. The number of amides is 4. The third-order valence-electron chi connectivity index (χ3n) is 13.1. The summed E-state index contributed by atoms with van der Waals surface area (Å²) in [6.07, 6.45) is -3.92. The van der Waals surface area contributed by atoms with E-state index in [0.29, 0.717) is 28.8 Å². The highest BCUT2D eigenvalue weighted by Gasteiger charge is 2.93. The number of aliphatic hydroxyl groups is 1. The predicted octanol–water partition coefficient (Wildman–Crippen LogP) is 2.60. The third-order valence-corrected chi connectivity index (χ3v) is 20.5. The van der Waals surface area contributed by atoms with E-state index in [1.807, 2.05) is 19.1 Å². The molecule has 266 valence electrons. The van der Waals surface area contributed by atoms with Crippen molar-refractivity contribution in [2.75, 3.05) is 19.4 Å². The summed E-state index contributed by atoms with van der Waals surface area (Å²) < 4.78 is 22.3. The number of rotatable bonds is 3. The van der Waals surface area contributed by atoms with E-state index in [1.54, 1.807) is 39.2 Å². The fourth-order valence-electron chi connectivity index (χ4n) is 10.9. The van der Waals surface area contributed by atoms with E-state index in [-0.39, 0.29) is 12.3 Å². The molecular weight excluding hydrogens is 738 g/mol. The van der Waals surface area contributed by atoms with Gasteiger partial charge in [0.05, 0.1) is 16.9 Å². The smallest absolute Gasteiger partial charge is 0.303 e. The Morgan fingerprint density at radius 3 is 2.35 bits per heavy atom. The van der Waals surface area contributed by atoms with Crippen LogP contribution in [-0.4, -0.2) is 112 Å². The van der Waals surface area contributed by atoms with E-state index in [9.17, 15) is 24.3 Å². The molecule has 4 amide bonds. The average Bonchev–Trinajstić information content (AvgIpc) is 3.76. The molecule has 2 aromatic carbocycles. The number of carbonyl (C=O) groups is 5. The number of ether oxygens (including phenoxy) is 1. The summed E-state index contributed by atoms with van der Waals surface area (Å²) in [6, 6.07) is 10.5. The molecular formula is C34H32FN5O7S4. The van der Waals surface area contributed by atoms with Crippen LogP contribution in [0.3, 0.4) is 0 Å². The molecule has 9 heterocycles. The van der Waals surface area contributed by atoms with E-state index >= 15 is 9.18 Å². The average molecular weight is 770 g/mol. The molecule has 8 saturated heterocycles. The Bertz CT molecular complexity index is 2100. The molecule has 0 saturated carbocycles. The first-order valence-corrected chi connectivity index (χ1v) is 21.0. The van der Waals surface area contributed by atoms with Gasteiger partial charge in [-0.05, 0) is 76.2 Å². The normalized spacial score (nSPS) is 43.6. The van der Waals surface area contributed by atoms with Crippen LogP contribution in [0.1, 0.15) is 43.9 Å². The zero-order valence-corrected chi connectivity index (χ0v) is 31.2. The number of aliphatic hydroxyl groups excluding tert-OH is 1. The zero-order valence-electron chi connectivity index (χ0n) is 28.0. The standard InChI is InChI=1S/C34H32FN5O7S4/c1-6-30-26(44)39-21-13-16-11-12-17(35)14-19(16)31(21,22(42)33(39,50-49-30)27(45)38(30)5)32-18-9-7-8-10-20(18)36-24(32)40-25(43)29(3)37(4)28(46)34(40,51-48-29)23(32)47-15(2)41/h7-12,14,21-24,36,42H,6,13H2,1-5H3/t21-,22-,23-,24+,29-,30-,31-,32+,33-,34-/m0/s1. The largest absolute Gasteiger partial charge is 0.457 e. The molecule has 0 unspecified atom stereocenters. The van der Waals surface area contributed by atoms with Crippen molar-refractivity contribution in [3.05, 3.63) is 65.0 Å². The highest BCUT2D eigenvalue weighted by Crippen LogP contribution is 2.79. The lowest BCUT2D eigenvalue weighted by molar-refractivity contribution is -0.172. The Balaban J connectivity index is 1.38. The van der Waals surface area contributed by atoms with Crippen LogP contribution in [0, 0.1) is 5.82 Å². The minimum Gasteiger partial charge on any atom is -0.457 e. The molecule has 51 heavy (non-hydrogen) atoms. The van der Waals surface area contributed by atoms with E-state index in [2.05, 4.69) is 5.32 Å². The second-order valence-electron chi connectivity index (χ2n) is 14.7. The summed E-state index contributed by atoms with van der Waals surface area (Å²) in [4.78, 5) is 72.8. The number of piperazine rings is 2. The minimum absolute atomic E-state index is 0.139. The Labute approximate surface area is 307 Å². The molecule has 10 aliphatic rings. The first-order valence-electron chi connectivity index (χ1n) is 16.7. The summed E-state index contributed by atoms with van der Waals surface area (Å²) in [5, 5.41) is 17.1. The van der Waals surface area contributed by atoms with Gasteiger partial charge in [0, 0.05) is 26.7 Å². The zero-order chi connectivity index (χ0) is 36.0. The van der Waals surface area contributed by atoms with E-state index < -0.39 is 84.2 Å². The molecule has 10 atom stereocenters. The van der Waals surface area contributed by atoms with E-state index in [1.165, 1.54) is 60.2 Å². The monoisotopic (exact) mass is 769 g/mol. The topological polar surface area (TPSA) is 140 Å². The number of nitrogens with zero attached hydrogens (tertiary/aromatic N) is 4. The minimum atomic E-state index is -1.86. The van der Waals surface area contributed by atoms with Crippen LogP contribution in [0.4, 0.5) is 10.1 Å². The van der Waals surface area contributed by atoms with Crippen molar-refractivity contribution in [2.45, 2.75) is 88.3 Å². The summed E-state index contributed by atoms with van der Waals surface area (Å²) in [5.74, 6) is -3.04. The van der Waals surface area contributed by atoms with E-state index in [4.69, 9.17) is 4.74 Å². The maximum absolute atomic E-state index is 15.8. The number of hydrogen-bond acceptors (Lipinski definition) is 12. The molecule has 0 aromatic heterocycles. The predicted molar refractivity (Wildman–Crippen MR) is 189 cm³/mol. The molecule has 12 nitrogen and oxygen atoms in total. The first kappa shape index (κ1) is 32.5. The van der Waals surface area contributed by atoms with Gasteiger partial charge in [0.15, 0.2) is 15.8 Å². The Morgan fingerprint density at radius 1 is 0.922 bits per heavy atom. The quantitative estimate of drug-likeness (QED) is 0.351. The first-order chi connectivity index (χ1) is 24.2. The Morgan fingerprint density at radius 2 is 1.63 bits per heavy atom. The number of fused-ring (bicyclic) bond motifs is 11. The molecule has 2 N–H and O–H groups in total. The van der Waals surface area contributed by atoms with Crippen molar-refractivity contribution in [1.29, 1.82) is 0 Å². The lowest BCUT2D eigenvalue weighted by atomic mass is 9.51. The van der Waals surface area contributed by atoms with Crippen molar-refractivity contribution < 1.29 is 38.2 Å². The fraction of sp³-hybridized carbons (Fsp3) is 0.500. The molecule has 2 spiro atoms. The van der Waals surface area contributed by atoms with Crippen molar-refractivity contribution >= 4 is 78.5 Å². The van der Waals surface area contributed by atoms with Gasteiger partial charge in [-0.25, -0.2) is 4.39 Å². The van der Waals surface area contributed by atoms with Crippen LogP contribution in [0.15, 0.2) is 42.5 Å². The molecule has 8 fully saturated rings.